The maximum absolute atomic E-state index is 11.7. The smallest absolute Gasteiger partial charge is 0.138 e. The van der Waals surface area contributed by atoms with Crippen molar-refractivity contribution in [2.75, 3.05) is 0 Å². The van der Waals surface area contributed by atoms with Gasteiger partial charge in [-0.3, -0.25) is 4.79 Å². The highest BCUT2D eigenvalue weighted by molar-refractivity contribution is 14.1. The van der Waals surface area contributed by atoms with Crippen LogP contribution in [0.1, 0.15) is 32.8 Å². The number of hydrogen-bond donors (Lipinski definition) is 0. The molecule has 0 aromatic heterocycles. The van der Waals surface area contributed by atoms with Gasteiger partial charge in [0.05, 0.1) is 0 Å². The summed E-state index contributed by atoms with van der Waals surface area (Å²) in [5, 5.41) is 0. The molecule has 0 heterocycles. The molecule has 0 atom stereocenters. The highest BCUT2D eigenvalue weighted by atomic mass is 127. The summed E-state index contributed by atoms with van der Waals surface area (Å²) in [6.07, 6.45) is 1.50. The maximum atomic E-state index is 11.7. The van der Waals surface area contributed by atoms with Crippen LogP contribution in [-0.2, 0) is 11.2 Å². The van der Waals surface area contributed by atoms with Crippen molar-refractivity contribution < 1.29 is 4.79 Å². The third-order valence-corrected chi connectivity index (χ3v) is 3.11. The Kier molecular flexibility index (Phi) is 4.32. The molecule has 0 aliphatic heterocycles. The lowest BCUT2D eigenvalue weighted by molar-refractivity contribution is -0.126. The first-order valence-electron chi connectivity index (χ1n) is 5.17. The predicted octanol–water partition coefficient (Wildman–Crippen LogP) is 3.84. The van der Waals surface area contributed by atoms with Gasteiger partial charge in [0.25, 0.3) is 0 Å². The molecule has 0 saturated heterocycles. The fraction of sp³-hybridized carbons (Fsp3) is 0.462. The molecule has 0 unspecified atom stereocenters. The number of Topliss-reactive ketones (excluding diaryl/α,β-unsaturated/α-hetero) is 1. The molecule has 2 heteroatoms. The Morgan fingerprint density at radius 1 is 1.20 bits per heavy atom. The molecule has 82 valence electrons. The van der Waals surface area contributed by atoms with Crippen molar-refractivity contribution in [3.63, 3.8) is 0 Å². The Morgan fingerprint density at radius 3 is 2.20 bits per heavy atom. The molecule has 15 heavy (non-hydrogen) atoms. The molecule has 1 nitrogen and oxygen atoms in total. The Labute approximate surface area is 105 Å². The van der Waals surface area contributed by atoms with Crippen LogP contribution in [-0.4, -0.2) is 5.78 Å². The molecule has 0 aliphatic rings. The fourth-order valence-electron chi connectivity index (χ4n) is 1.28. The van der Waals surface area contributed by atoms with Crippen LogP contribution in [0.5, 0.6) is 0 Å². The van der Waals surface area contributed by atoms with Crippen molar-refractivity contribution in [1.82, 2.24) is 0 Å². The lowest BCUT2D eigenvalue weighted by Crippen LogP contribution is -2.20. The number of hydrogen-bond acceptors (Lipinski definition) is 1. The van der Waals surface area contributed by atoms with Crippen molar-refractivity contribution in [2.45, 2.75) is 33.6 Å². The molecule has 0 radical (unpaired) electrons. The number of carbonyl (C=O) groups is 1. The van der Waals surface area contributed by atoms with E-state index in [2.05, 4.69) is 46.9 Å². The number of benzene rings is 1. The second-order valence-electron chi connectivity index (χ2n) is 4.80. The standard InChI is InChI=1S/C13H17IO/c1-13(2,3)12(15)9-6-10-4-7-11(14)8-5-10/h4-5,7-8H,6,9H2,1-3H3. The predicted molar refractivity (Wildman–Crippen MR) is 71.9 cm³/mol. The van der Waals surface area contributed by atoms with Crippen LogP contribution < -0.4 is 0 Å². The Hall–Kier alpha value is -0.380. The first-order valence-corrected chi connectivity index (χ1v) is 6.25. The summed E-state index contributed by atoms with van der Waals surface area (Å²) in [5.41, 5.74) is 1.04. The van der Waals surface area contributed by atoms with Gasteiger partial charge in [0.2, 0.25) is 0 Å². The highest BCUT2D eigenvalue weighted by Crippen LogP contribution is 2.18. The number of carbonyl (C=O) groups excluding carboxylic acids is 1. The molecule has 0 saturated carbocycles. The van der Waals surface area contributed by atoms with Gasteiger partial charge in [-0.2, -0.15) is 0 Å². The quantitative estimate of drug-likeness (QED) is 0.775. The van der Waals surface area contributed by atoms with E-state index in [0.29, 0.717) is 12.2 Å². The van der Waals surface area contributed by atoms with Gasteiger partial charge < -0.3 is 0 Å². The summed E-state index contributed by atoms with van der Waals surface area (Å²) in [5.74, 6) is 0.334. The van der Waals surface area contributed by atoms with Gasteiger partial charge in [-0.15, -0.1) is 0 Å². The van der Waals surface area contributed by atoms with Gasteiger partial charge in [0.15, 0.2) is 0 Å². The summed E-state index contributed by atoms with van der Waals surface area (Å²) >= 11 is 2.28. The molecular formula is C13H17IO. The van der Waals surface area contributed by atoms with E-state index in [1.165, 1.54) is 9.13 Å². The minimum absolute atomic E-state index is 0.205. The third kappa shape index (κ3) is 4.33. The van der Waals surface area contributed by atoms with E-state index >= 15 is 0 Å². The summed E-state index contributed by atoms with van der Waals surface area (Å²) < 4.78 is 1.23. The van der Waals surface area contributed by atoms with Crippen LogP contribution in [0, 0.1) is 8.99 Å². The number of halogens is 1. The molecule has 0 fully saturated rings. The average Bonchev–Trinajstić information content (AvgIpc) is 2.15. The van der Waals surface area contributed by atoms with Crippen LogP contribution in [0.2, 0.25) is 0 Å². The van der Waals surface area contributed by atoms with E-state index in [0.717, 1.165) is 6.42 Å². The van der Waals surface area contributed by atoms with Crippen molar-refractivity contribution in [2.24, 2.45) is 5.41 Å². The molecular weight excluding hydrogens is 299 g/mol. The maximum Gasteiger partial charge on any atom is 0.138 e. The van der Waals surface area contributed by atoms with Gasteiger partial charge in [0, 0.05) is 15.4 Å². The van der Waals surface area contributed by atoms with E-state index in [-0.39, 0.29) is 5.41 Å². The summed E-state index contributed by atoms with van der Waals surface area (Å²) in [6.45, 7) is 5.93. The molecule has 0 N–H and O–H groups in total. The zero-order chi connectivity index (χ0) is 11.5. The first-order chi connectivity index (χ1) is 6.89. The number of ketones is 1. The Balaban J connectivity index is 2.51. The normalized spacial score (nSPS) is 11.5. The number of rotatable bonds is 3. The molecule has 1 rings (SSSR count). The molecule has 0 aliphatic carbocycles. The van der Waals surface area contributed by atoms with E-state index in [9.17, 15) is 4.79 Å². The molecule has 1 aromatic rings. The monoisotopic (exact) mass is 316 g/mol. The molecule has 0 bridgehead atoms. The van der Waals surface area contributed by atoms with Gasteiger partial charge in [-0.25, -0.2) is 0 Å². The lowest BCUT2D eigenvalue weighted by atomic mass is 9.87. The fourth-order valence-corrected chi connectivity index (χ4v) is 1.64. The highest BCUT2D eigenvalue weighted by Gasteiger charge is 2.20. The second kappa shape index (κ2) is 5.10. The first kappa shape index (κ1) is 12.7. The van der Waals surface area contributed by atoms with Crippen LogP contribution in [0.3, 0.4) is 0 Å². The van der Waals surface area contributed by atoms with Crippen LogP contribution in [0.4, 0.5) is 0 Å². The SMILES string of the molecule is CC(C)(C)C(=O)CCc1ccc(I)cc1. The van der Waals surface area contributed by atoms with Crippen LogP contribution >= 0.6 is 22.6 Å². The van der Waals surface area contributed by atoms with Crippen molar-refractivity contribution >= 4 is 28.4 Å². The number of aryl methyl sites for hydroxylation is 1. The second-order valence-corrected chi connectivity index (χ2v) is 6.05. The minimum Gasteiger partial charge on any atom is -0.299 e. The van der Waals surface area contributed by atoms with Gasteiger partial charge in [0.1, 0.15) is 5.78 Å². The van der Waals surface area contributed by atoms with Crippen molar-refractivity contribution in [1.29, 1.82) is 0 Å². The van der Waals surface area contributed by atoms with Gasteiger partial charge in [-0.1, -0.05) is 32.9 Å². The topological polar surface area (TPSA) is 17.1 Å². The average molecular weight is 316 g/mol. The molecule has 0 amide bonds. The summed E-state index contributed by atoms with van der Waals surface area (Å²) in [6, 6.07) is 8.35. The van der Waals surface area contributed by atoms with Crippen LogP contribution in [0.25, 0.3) is 0 Å². The largest absolute Gasteiger partial charge is 0.299 e. The van der Waals surface area contributed by atoms with Gasteiger partial charge in [-0.05, 0) is 46.7 Å². The van der Waals surface area contributed by atoms with Crippen LogP contribution in [0.15, 0.2) is 24.3 Å². The summed E-state index contributed by atoms with van der Waals surface area (Å²) in [7, 11) is 0. The van der Waals surface area contributed by atoms with Crippen molar-refractivity contribution in [3.05, 3.63) is 33.4 Å². The Bertz CT molecular complexity index is 333. The molecule has 0 spiro atoms. The van der Waals surface area contributed by atoms with E-state index < -0.39 is 0 Å². The minimum atomic E-state index is -0.205. The lowest BCUT2D eigenvalue weighted by Gasteiger charge is -2.16. The summed E-state index contributed by atoms with van der Waals surface area (Å²) in [4.78, 5) is 11.7. The zero-order valence-electron chi connectivity index (χ0n) is 9.51. The molecule has 1 aromatic carbocycles. The van der Waals surface area contributed by atoms with E-state index in [4.69, 9.17) is 0 Å². The van der Waals surface area contributed by atoms with E-state index in [1.807, 2.05) is 20.8 Å². The zero-order valence-corrected chi connectivity index (χ0v) is 11.7. The Morgan fingerprint density at radius 2 is 1.73 bits per heavy atom. The van der Waals surface area contributed by atoms with Crippen molar-refractivity contribution in [3.8, 4) is 0 Å². The van der Waals surface area contributed by atoms with E-state index in [1.54, 1.807) is 0 Å². The van der Waals surface area contributed by atoms with Gasteiger partial charge >= 0.3 is 0 Å². The third-order valence-electron chi connectivity index (χ3n) is 2.39.